The molecular formula is C24H26N2O5. The van der Waals surface area contributed by atoms with Crippen LogP contribution in [-0.2, 0) is 20.7 Å². The average molecular weight is 422 g/mol. The molecule has 3 unspecified atom stereocenters. The molecule has 1 aliphatic carbocycles. The van der Waals surface area contributed by atoms with Gasteiger partial charge in [-0.3, -0.25) is 9.59 Å². The Kier molecular flexibility index (Phi) is 5.67. The molecule has 1 amide bonds. The Morgan fingerprint density at radius 3 is 2.39 bits per heavy atom. The number of esters is 1. The van der Waals surface area contributed by atoms with E-state index in [2.05, 4.69) is 6.07 Å². The molecule has 1 aliphatic heterocycles. The minimum atomic E-state index is -0.924. The Morgan fingerprint density at radius 1 is 1.06 bits per heavy atom. The van der Waals surface area contributed by atoms with Gasteiger partial charge in [-0.2, -0.15) is 5.10 Å². The molecule has 2 aromatic rings. The predicted molar refractivity (Wildman–Crippen MR) is 115 cm³/mol. The molecule has 0 saturated heterocycles. The molecule has 0 aromatic heterocycles. The van der Waals surface area contributed by atoms with Gasteiger partial charge in [0.1, 0.15) is 11.5 Å². The molecule has 7 heteroatoms. The fraction of sp³-hybridized carbons (Fsp3) is 0.375. The lowest BCUT2D eigenvalue weighted by Crippen LogP contribution is -2.38. The Labute approximate surface area is 181 Å². The summed E-state index contributed by atoms with van der Waals surface area (Å²) in [5, 5.41) is 6.27. The molecule has 2 aromatic carbocycles. The zero-order valence-corrected chi connectivity index (χ0v) is 18.1. The number of fused-ring (bicyclic) bond motifs is 3. The highest BCUT2D eigenvalue weighted by atomic mass is 16.5. The number of hydrogen-bond acceptors (Lipinski definition) is 6. The smallest absolute Gasteiger partial charge is 0.303 e. The lowest BCUT2D eigenvalue weighted by molar-refractivity contribution is -0.158. The second kappa shape index (κ2) is 8.41. The maximum atomic E-state index is 13.3. The average Bonchev–Trinajstić information content (AvgIpc) is 3.17. The van der Waals surface area contributed by atoms with E-state index in [1.54, 1.807) is 21.1 Å². The fourth-order valence-corrected chi connectivity index (χ4v) is 4.42. The molecule has 4 rings (SSSR count). The van der Waals surface area contributed by atoms with E-state index in [-0.39, 0.29) is 17.9 Å². The van der Waals surface area contributed by atoms with E-state index in [1.807, 2.05) is 36.4 Å². The van der Waals surface area contributed by atoms with E-state index >= 15 is 0 Å². The molecule has 3 atom stereocenters. The third-order valence-corrected chi connectivity index (χ3v) is 5.90. The van der Waals surface area contributed by atoms with E-state index in [0.717, 1.165) is 41.2 Å². The van der Waals surface area contributed by atoms with E-state index in [4.69, 9.17) is 19.3 Å². The van der Waals surface area contributed by atoms with Crippen LogP contribution in [0.15, 0.2) is 47.6 Å². The summed E-state index contributed by atoms with van der Waals surface area (Å²) in [5.74, 6) is 0.680. The summed E-state index contributed by atoms with van der Waals surface area (Å²) in [6, 6.07) is 13.4. The molecule has 1 heterocycles. The van der Waals surface area contributed by atoms with Crippen LogP contribution < -0.4 is 9.47 Å². The van der Waals surface area contributed by atoms with E-state index < -0.39 is 12.1 Å². The van der Waals surface area contributed by atoms with Gasteiger partial charge in [0.2, 0.25) is 0 Å². The van der Waals surface area contributed by atoms with Crippen LogP contribution >= 0.6 is 0 Å². The first kappa shape index (κ1) is 20.9. The van der Waals surface area contributed by atoms with Crippen molar-refractivity contribution in [2.45, 2.75) is 38.8 Å². The van der Waals surface area contributed by atoms with Crippen LogP contribution in [0.25, 0.3) is 0 Å². The number of rotatable bonds is 5. The molecule has 0 N–H and O–H groups in total. The quantitative estimate of drug-likeness (QED) is 0.689. The maximum absolute atomic E-state index is 13.3. The molecule has 162 valence electrons. The largest absolute Gasteiger partial charge is 0.497 e. The summed E-state index contributed by atoms with van der Waals surface area (Å²) in [6.07, 6.45) is 0.824. The van der Waals surface area contributed by atoms with Crippen LogP contribution in [0.2, 0.25) is 0 Å². The van der Waals surface area contributed by atoms with Crippen molar-refractivity contribution in [2.75, 3.05) is 14.2 Å². The van der Waals surface area contributed by atoms with Crippen LogP contribution in [0.1, 0.15) is 43.0 Å². The van der Waals surface area contributed by atoms with Crippen LogP contribution in [0.5, 0.6) is 11.5 Å². The van der Waals surface area contributed by atoms with Gasteiger partial charge in [-0.05, 0) is 55.2 Å². The van der Waals surface area contributed by atoms with Gasteiger partial charge in [0.25, 0.3) is 5.91 Å². The number of hydrogen-bond donors (Lipinski definition) is 0. The minimum absolute atomic E-state index is 0.0291. The molecule has 7 nitrogen and oxygen atoms in total. The zero-order valence-electron chi connectivity index (χ0n) is 18.1. The molecule has 0 saturated carbocycles. The van der Waals surface area contributed by atoms with Crippen molar-refractivity contribution in [3.8, 4) is 11.5 Å². The van der Waals surface area contributed by atoms with Gasteiger partial charge < -0.3 is 14.2 Å². The van der Waals surface area contributed by atoms with Crippen molar-refractivity contribution in [3.63, 3.8) is 0 Å². The van der Waals surface area contributed by atoms with Gasteiger partial charge in [0.15, 0.2) is 6.10 Å². The Balaban J connectivity index is 1.77. The summed E-state index contributed by atoms with van der Waals surface area (Å²) in [4.78, 5) is 24.7. The number of amides is 1. The summed E-state index contributed by atoms with van der Waals surface area (Å²) in [7, 11) is 3.25. The standard InChI is InChI=1S/C24H26N2O5/c1-14(31-15(2)27)24(28)26-23(17-6-9-18(29-3)10-7-17)20-12-8-16-5-11-19(30-4)13-21(16)22(20)25-26/h5-7,9-11,13-14,20,23H,8,12H2,1-4H3. The number of carbonyl (C=O) groups is 2. The normalized spacial score (nSPS) is 20.3. The van der Waals surface area contributed by atoms with Crippen molar-refractivity contribution in [1.82, 2.24) is 5.01 Å². The summed E-state index contributed by atoms with van der Waals surface area (Å²) < 4.78 is 15.9. The minimum Gasteiger partial charge on any atom is -0.497 e. The number of hydrazone groups is 1. The highest BCUT2D eigenvalue weighted by molar-refractivity contribution is 6.07. The number of methoxy groups -OCH3 is 2. The lowest BCUT2D eigenvalue weighted by atomic mass is 9.77. The zero-order chi connectivity index (χ0) is 22.1. The first-order valence-corrected chi connectivity index (χ1v) is 10.3. The van der Waals surface area contributed by atoms with Gasteiger partial charge >= 0.3 is 5.97 Å². The SMILES string of the molecule is COc1ccc(C2C3CCc4ccc(OC)cc4C3=NN2C(=O)C(C)OC(C)=O)cc1. The molecular weight excluding hydrogens is 396 g/mol. The second-order valence-corrected chi connectivity index (χ2v) is 7.81. The van der Waals surface area contributed by atoms with Crippen molar-refractivity contribution < 1.29 is 23.8 Å². The molecule has 2 aliphatic rings. The lowest BCUT2D eigenvalue weighted by Gasteiger charge is -2.30. The molecule has 31 heavy (non-hydrogen) atoms. The monoisotopic (exact) mass is 422 g/mol. The van der Waals surface area contributed by atoms with Crippen LogP contribution in [0, 0.1) is 5.92 Å². The Bertz CT molecular complexity index is 1030. The third-order valence-electron chi connectivity index (χ3n) is 5.90. The number of nitrogens with zero attached hydrogens (tertiary/aromatic N) is 2. The van der Waals surface area contributed by atoms with Gasteiger partial charge in [-0.1, -0.05) is 18.2 Å². The van der Waals surface area contributed by atoms with Gasteiger partial charge in [-0.25, -0.2) is 5.01 Å². The molecule has 0 fully saturated rings. The highest BCUT2D eigenvalue weighted by Gasteiger charge is 2.45. The van der Waals surface area contributed by atoms with Gasteiger partial charge in [0.05, 0.1) is 26.0 Å². The maximum Gasteiger partial charge on any atom is 0.303 e. The van der Waals surface area contributed by atoms with Crippen LogP contribution in [0.3, 0.4) is 0 Å². The van der Waals surface area contributed by atoms with E-state index in [9.17, 15) is 9.59 Å². The summed E-state index contributed by atoms with van der Waals surface area (Å²) in [5.41, 5.74) is 4.01. The number of aryl methyl sites for hydroxylation is 1. The van der Waals surface area contributed by atoms with Crippen molar-refractivity contribution in [1.29, 1.82) is 0 Å². The number of benzene rings is 2. The van der Waals surface area contributed by atoms with Crippen LogP contribution in [-0.4, -0.2) is 42.9 Å². The molecule has 0 radical (unpaired) electrons. The second-order valence-electron chi connectivity index (χ2n) is 7.81. The number of carbonyl (C=O) groups excluding carboxylic acids is 2. The van der Waals surface area contributed by atoms with E-state index in [0.29, 0.717) is 0 Å². The Hall–Kier alpha value is -3.35. The van der Waals surface area contributed by atoms with Crippen molar-refractivity contribution in [3.05, 3.63) is 59.2 Å². The van der Waals surface area contributed by atoms with Crippen molar-refractivity contribution in [2.24, 2.45) is 11.0 Å². The Morgan fingerprint density at radius 2 is 1.74 bits per heavy atom. The molecule has 0 bridgehead atoms. The first-order chi connectivity index (χ1) is 14.9. The fourth-order valence-electron chi connectivity index (χ4n) is 4.42. The van der Waals surface area contributed by atoms with Gasteiger partial charge in [-0.15, -0.1) is 0 Å². The first-order valence-electron chi connectivity index (χ1n) is 10.3. The summed E-state index contributed by atoms with van der Waals surface area (Å²) in [6.45, 7) is 2.87. The van der Waals surface area contributed by atoms with Crippen molar-refractivity contribution >= 4 is 17.6 Å². The topological polar surface area (TPSA) is 77.4 Å². The van der Waals surface area contributed by atoms with E-state index in [1.165, 1.54) is 17.5 Å². The third kappa shape index (κ3) is 3.87. The predicted octanol–water partition coefficient (Wildman–Crippen LogP) is 3.51. The number of ether oxygens (including phenoxy) is 3. The van der Waals surface area contributed by atoms with Crippen LogP contribution in [0.4, 0.5) is 0 Å². The highest BCUT2D eigenvalue weighted by Crippen LogP contribution is 2.44. The summed E-state index contributed by atoms with van der Waals surface area (Å²) >= 11 is 0. The molecule has 0 spiro atoms. The van der Waals surface area contributed by atoms with Gasteiger partial charge in [0, 0.05) is 18.4 Å².